The van der Waals surface area contributed by atoms with Gasteiger partial charge in [0.25, 0.3) is 5.91 Å². The zero-order valence-electron chi connectivity index (χ0n) is 20.4. The van der Waals surface area contributed by atoms with Gasteiger partial charge in [0.1, 0.15) is 5.00 Å². The van der Waals surface area contributed by atoms with Crippen LogP contribution in [0.15, 0.2) is 24.3 Å². The van der Waals surface area contributed by atoms with Gasteiger partial charge in [0, 0.05) is 29.1 Å². The highest BCUT2D eigenvalue weighted by Crippen LogP contribution is 2.40. The Labute approximate surface area is 210 Å². The number of benzene rings is 1. The molecule has 3 aliphatic carbocycles. The highest BCUT2D eigenvalue weighted by atomic mass is 32.1. The van der Waals surface area contributed by atoms with Crippen molar-refractivity contribution in [2.45, 2.75) is 64.2 Å². The number of amides is 2. The van der Waals surface area contributed by atoms with Crippen molar-refractivity contribution in [3.8, 4) is 0 Å². The Balaban J connectivity index is 1.31. The Morgan fingerprint density at radius 1 is 1.11 bits per heavy atom. The Morgan fingerprint density at radius 3 is 2.57 bits per heavy atom. The first-order chi connectivity index (χ1) is 17.0. The quantitative estimate of drug-likeness (QED) is 0.240. The molecule has 0 saturated heterocycles. The molecule has 1 aromatic carbocycles. The van der Waals surface area contributed by atoms with Crippen molar-refractivity contribution in [3.05, 3.63) is 45.8 Å². The minimum absolute atomic E-state index is 0.0428. The number of fused-ring (bicyclic) bond motifs is 1. The molecular formula is C26H35N5O3S. The molecule has 5 N–H and O–H groups in total. The summed E-state index contributed by atoms with van der Waals surface area (Å²) < 4.78 is 0. The molecule has 188 valence electrons. The van der Waals surface area contributed by atoms with Gasteiger partial charge in [-0.25, -0.2) is 0 Å². The van der Waals surface area contributed by atoms with E-state index in [1.54, 1.807) is 18.4 Å². The van der Waals surface area contributed by atoms with Gasteiger partial charge >= 0.3 is 0 Å². The lowest BCUT2D eigenvalue weighted by molar-refractivity contribution is -0.117. The van der Waals surface area contributed by atoms with Gasteiger partial charge in [-0.3, -0.25) is 14.9 Å². The fourth-order valence-corrected chi connectivity index (χ4v) is 5.78. The fourth-order valence-electron chi connectivity index (χ4n) is 4.54. The van der Waals surface area contributed by atoms with Crippen molar-refractivity contribution >= 4 is 33.8 Å². The van der Waals surface area contributed by atoms with Gasteiger partial charge < -0.3 is 20.8 Å². The third kappa shape index (κ3) is 6.22. The first kappa shape index (κ1) is 24.2. The molecule has 0 aliphatic heterocycles. The van der Waals surface area contributed by atoms with Gasteiger partial charge in [0.05, 0.1) is 12.7 Å². The number of hydrogen-bond acceptors (Lipinski definition) is 7. The van der Waals surface area contributed by atoms with E-state index in [1.807, 2.05) is 12.1 Å². The SMILES string of the molecule is CONC(Nc1ccc(C)cc1)NC1CCc2sc(NC(=O)C3CC3)c(C(=O)NCC3CC3)c2C1. The summed E-state index contributed by atoms with van der Waals surface area (Å²) in [5.74, 6) is 0.673. The Morgan fingerprint density at radius 2 is 1.89 bits per heavy atom. The van der Waals surface area contributed by atoms with E-state index < -0.39 is 0 Å². The van der Waals surface area contributed by atoms with Crippen molar-refractivity contribution in [2.75, 3.05) is 24.3 Å². The lowest BCUT2D eigenvalue weighted by atomic mass is 9.91. The monoisotopic (exact) mass is 497 g/mol. The predicted molar refractivity (Wildman–Crippen MR) is 138 cm³/mol. The molecule has 1 aromatic heterocycles. The number of thiophene rings is 1. The van der Waals surface area contributed by atoms with Gasteiger partial charge in [-0.05, 0) is 75.5 Å². The number of carbonyl (C=O) groups is 2. The van der Waals surface area contributed by atoms with Crippen LogP contribution in [0.25, 0.3) is 0 Å². The van der Waals surface area contributed by atoms with Crippen LogP contribution in [-0.2, 0) is 22.5 Å². The molecule has 0 spiro atoms. The van der Waals surface area contributed by atoms with Gasteiger partial charge in [-0.1, -0.05) is 17.7 Å². The molecule has 5 rings (SSSR count). The zero-order chi connectivity index (χ0) is 24.4. The van der Waals surface area contributed by atoms with Gasteiger partial charge in [-0.2, -0.15) is 5.48 Å². The second-order valence-corrected chi connectivity index (χ2v) is 11.1. The number of aryl methyl sites for hydroxylation is 2. The van der Waals surface area contributed by atoms with Gasteiger partial charge in [-0.15, -0.1) is 11.3 Å². The summed E-state index contributed by atoms with van der Waals surface area (Å²) in [6.07, 6.45) is 6.46. The molecule has 35 heavy (non-hydrogen) atoms. The average Bonchev–Trinajstić information content (AvgIpc) is 3.76. The topological polar surface area (TPSA) is 104 Å². The average molecular weight is 498 g/mol. The summed E-state index contributed by atoms with van der Waals surface area (Å²) in [5.41, 5.74) is 6.89. The molecule has 2 fully saturated rings. The number of hydrogen-bond donors (Lipinski definition) is 5. The summed E-state index contributed by atoms with van der Waals surface area (Å²) in [6.45, 7) is 2.77. The maximum Gasteiger partial charge on any atom is 0.254 e. The van der Waals surface area contributed by atoms with E-state index in [-0.39, 0.29) is 30.1 Å². The highest BCUT2D eigenvalue weighted by Gasteiger charge is 2.34. The summed E-state index contributed by atoms with van der Waals surface area (Å²) in [7, 11) is 1.60. The molecule has 2 atom stereocenters. The van der Waals surface area contributed by atoms with E-state index >= 15 is 0 Å². The zero-order valence-corrected chi connectivity index (χ0v) is 21.2. The number of nitrogens with one attached hydrogen (secondary N) is 5. The molecule has 2 aromatic rings. The Bertz CT molecular complexity index is 1060. The van der Waals surface area contributed by atoms with Crippen molar-refractivity contribution in [1.29, 1.82) is 0 Å². The van der Waals surface area contributed by atoms with Crippen LogP contribution in [0.4, 0.5) is 10.7 Å². The lowest BCUT2D eigenvalue weighted by Crippen LogP contribution is -2.53. The lowest BCUT2D eigenvalue weighted by Gasteiger charge is -2.30. The van der Waals surface area contributed by atoms with Crippen LogP contribution in [-0.4, -0.2) is 37.8 Å². The minimum Gasteiger partial charge on any atom is -0.356 e. The highest BCUT2D eigenvalue weighted by molar-refractivity contribution is 7.17. The summed E-state index contributed by atoms with van der Waals surface area (Å²) in [6, 6.07) is 8.35. The van der Waals surface area contributed by atoms with Crippen LogP contribution >= 0.6 is 11.3 Å². The molecule has 3 aliphatic rings. The maximum absolute atomic E-state index is 13.3. The third-order valence-electron chi connectivity index (χ3n) is 6.92. The van der Waals surface area contributed by atoms with E-state index in [1.165, 1.54) is 23.3 Å². The van der Waals surface area contributed by atoms with E-state index in [4.69, 9.17) is 4.84 Å². The molecule has 1 heterocycles. The summed E-state index contributed by atoms with van der Waals surface area (Å²) in [4.78, 5) is 32.2. The van der Waals surface area contributed by atoms with Crippen LogP contribution in [0.3, 0.4) is 0 Å². The summed E-state index contributed by atoms with van der Waals surface area (Å²) in [5, 5.41) is 13.9. The Kier molecular flexibility index (Phi) is 7.38. The Hall–Kier alpha value is -2.46. The summed E-state index contributed by atoms with van der Waals surface area (Å²) >= 11 is 1.57. The molecule has 2 saturated carbocycles. The van der Waals surface area contributed by atoms with Crippen molar-refractivity contribution < 1.29 is 14.4 Å². The van der Waals surface area contributed by atoms with Crippen LogP contribution < -0.4 is 26.7 Å². The van der Waals surface area contributed by atoms with E-state index in [2.05, 4.69) is 45.8 Å². The second-order valence-electron chi connectivity index (χ2n) is 10.00. The molecule has 0 bridgehead atoms. The standard InChI is InChI=1S/C26H35N5O3S/c1-15-3-9-18(10-4-15)28-26(31-34-2)29-19-11-12-21-20(13-19)22(24(33)27-14-16-5-6-16)25(35-21)30-23(32)17-7-8-17/h3-4,9-10,16-17,19,26,28-29,31H,5-8,11-14H2,1-2H3,(H,27,33)(H,30,32). The molecular weight excluding hydrogens is 462 g/mol. The van der Waals surface area contributed by atoms with Crippen LogP contribution in [0.1, 0.15) is 58.5 Å². The molecule has 2 unspecified atom stereocenters. The number of rotatable bonds is 11. The first-order valence-corrected chi connectivity index (χ1v) is 13.4. The number of hydroxylamine groups is 1. The van der Waals surface area contributed by atoms with Gasteiger partial charge in [0.2, 0.25) is 5.91 Å². The largest absolute Gasteiger partial charge is 0.356 e. The smallest absolute Gasteiger partial charge is 0.254 e. The van der Waals surface area contributed by atoms with E-state index in [0.29, 0.717) is 23.0 Å². The molecule has 2 amide bonds. The van der Waals surface area contributed by atoms with Crippen molar-refractivity contribution in [1.82, 2.24) is 16.1 Å². The van der Waals surface area contributed by atoms with Gasteiger partial charge in [0.15, 0.2) is 6.29 Å². The molecule has 0 radical (unpaired) electrons. The minimum atomic E-state index is -0.297. The van der Waals surface area contributed by atoms with Crippen molar-refractivity contribution in [2.24, 2.45) is 11.8 Å². The maximum atomic E-state index is 13.3. The fraction of sp³-hybridized carbons (Fsp3) is 0.538. The van der Waals surface area contributed by atoms with E-state index in [9.17, 15) is 9.59 Å². The third-order valence-corrected chi connectivity index (χ3v) is 8.13. The van der Waals surface area contributed by atoms with Crippen LogP contribution in [0, 0.1) is 18.8 Å². The van der Waals surface area contributed by atoms with Crippen molar-refractivity contribution in [3.63, 3.8) is 0 Å². The molecule has 8 nitrogen and oxygen atoms in total. The number of carbonyl (C=O) groups excluding carboxylic acids is 2. The van der Waals surface area contributed by atoms with Crippen LogP contribution in [0.2, 0.25) is 0 Å². The van der Waals surface area contributed by atoms with Crippen LogP contribution in [0.5, 0.6) is 0 Å². The number of anilines is 2. The second kappa shape index (κ2) is 10.7. The van der Waals surface area contributed by atoms with E-state index in [0.717, 1.165) is 43.4 Å². The molecule has 9 heteroatoms. The normalized spacial score (nSPS) is 20.1. The predicted octanol–water partition coefficient (Wildman–Crippen LogP) is 3.54. The first-order valence-electron chi connectivity index (χ1n) is 12.6.